The van der Waals surface area contributed by atoms with E-state index >= 15 is 0 Å². The lowest BCUT2D eigenvalue weighted by Crippen LogP contribution is -2.55. The summed E-state index contributed by atoms with van der Waals surface area (Å²) in [6, 6.07) is 7.91. The number of fused-ring (bicyclic) bond motifs is 1. The fraction of sp³-hybridized carbons (Fsp3) is 0.609. The Morgan fingerprint density at radius 3 is 2.66 bits per heavy atom. The number of unbranched alkanes of at least 4 members (excludes halogenated alkanes) is 1. The second-order valence-corrected chi connectivity index (χ2v) is 11.5. The maximum atomic E-state index is 14.0. The fourth-order valence-electron chi connectivity index (χ4n) is 5.68. The van der Waals surface area contributed by atoms with E-state index in [0.717, 1.165) is 18.4 Å². The number of hydrogen-bond donors (Lipinski definition) is 3. The van der Waals surface area contributed by atoms with Crippen molar-refractivity contribution < 1.29 is 19.5 Å². The molecule has 1 aromatic rings. The first-order valence-electron chi connectivity index (χ1n) is 11.2. The summed E-state index contributed by atoms with van der Waals surface area (Å²) < 4.78 is -0.703. The zero-order chi connectivity index (χ0) is 23.0. The van der Waals surface area contributed by atoms with Crippen LogP contribution in [-0.2, 0) is 14.4 Å². The third-order valence-corrected chi connectivity index (χ3v) is 10.3. The lowest BCUT2D eigenvalue weighted by Gasteiger charge is -2.37. The molecule has 3 N–H and O–H groups in total. The molecule has 1 spiro atoms. The Labute approximate surface area is 201 Å². The zero-order valence-corrected chi connectivity index (χ0v) is 20.7. The van der Waals surface area contributed by atoms with Crippen LogP contribution in [0.25, 0.3) is 0 Å². The summed E-state index contributed by atoms with van der Waals surface area (Å²) in [5.41, 5.74) is 0.775. The highest BCUT2D eigenvalue weighted by atomic mass is 79.9. The number of hydrogen-bond acceptors (Lipinski definition) is 5. The highest BCUT2D eigenvalue weighted by Gasteiger charge is 2.76. The van der Waals surface area contributed by atoms with E-state index in [-0.39, 0.29) is 34.4 Å². The van der Waals surface area contributed by atoms with Gasteiger partial charge in [0.1, 0.15) is 6.04 Å². The Kier molecular flexibility index (Phi) is 6.89. The maximum absolute atomic E-state index is 14.0. The molecule has 0 aliphatic carbocycles. The van der Waals surface area contributed by atoms with Gasteiger partial charge in [-0.1, -0.05) is 59.6 Å². The number of carbonyl (C=O) groups is 3. The first kappa shape index (κ1) is 23.6. The van der Waals surface area contributed by atoms with Crippen LogP contribution in [0.15, 0.2) is 30.3 Å². The predicted octanol–water partition coefficient (Wildman–Crippen LogP) is 1.85. The number of rotatable bonds is 8. The van der Waals surface area contributed by atoms with Crippen molar-refractivity contribution >= 4 is 45.4 Å². The predicted molar refractivity (Wildman–Crippen MR) is 127 cm³/mol. The average molecular weight is 524 g/mol. The van der Waals surface area contributed by atoms with Gasteiger partial charge in [0.25, 0.3) is 0 Å². The molecule has 0 aromatic heterocycles. The molecule has 3 aliphatic rings. The van der Waals surface area contributed by atoms with Crippen LogP contribution in [0, 0.1) is 11.8 Å². The molecule has 7 nitrogen and oxygen atoms in total. The summed E-state index contributed by atoms with van der Waals surface area (Å²) in [5, 5.41) is 16.0. The molecule has 0 saturated carbocycles. The second kappa shape index (κ2) is 9.35. The number of thioether (sulfide) groups is 1. The van der Waals surface area contributed by atoms with Crippen molar-refractivity contribution in [3.8, 4) is 0 Å². The van der Waals surface area contributed by atoms with Gasteiger partial charge in [0.15, 0.2) is 0 Å². The van der Waals surface area contributed by atoms with Crippen molar-refractivity contribution in [2.24, 2.45) is 11.8 Å². The van der Waals surface area contributed by atoms with Gasteiger partial charge in [0, 0.05) is 23.7 Å². The van der Waals surface area contributed by atoms with E-state index in [1.165, 1.54) is 0 Å². The Morgan fingerprint density at radius 2 is 2.03 bits per heavy atom. The monoisotopic (exact) mass is 523 g/mol. The van der Waals surface area contributed by atoms with E-state index < -0.39 is 28.7 Å². The molecule has 3 fully saturated rings. The van der Waals surface area contributed by atoms with Gasteiger partial charge < -0.3 is 20.6 Å². The van der Waals surface area contributed by atoms with Crippen molar-refractivity contribution in [3.63, 3.8) is 0 Å². The van der Waals surface area contributed by atoms with Gasteiger partial charge in [0.2, 0.25) is 17.7 Å². The number of alkyl halides is 1. The van der Waals surface area contributed by atoms with Crippen LogP contribution < -0.4 is 10.6 Å². The molecule has 2 bridgehead atoms. The summed E-state index contributed by atoms with van der Waals surface area (Å²) in [4.78, 5) is 42.0. The number of carbonyl (C=O) groups excluding carboxylic acids is 3. The quantitative estimate of drug-likeness (QED) is 0.356. The van der Waals surface area contributed by atoms with E-state index in [4.69, 9.17) is 0 Å². The summed E-state index contributed by atoms with van der Waals surface area (Å²) in [5.74, 6) is -1.69. The first-order chi connectivity index (χ1) is 15.4. The SMILES string of the molecule is CCCCNC(=O)C1N([C@H](CO)c2ccccc2)C(=O)[C@@H]2[C@H](C(=O)NC)[C@H]3SC12CC3Br. The number of likely N-dealkylation sites (tertiary alicyclic amines) is 1. The van der Waals surface area contributed by atoms with Gasteiger partial charge in [-0.2, -0.15) is 0 Å². The molecular weight excluding hydrogens is 494 g/mol. The van der Waals surface area contributed by atoms with Gasteiger partial charge in [-0.3, -0.25) is 14.4 Å². The van der Waals surface area contributed by atoms with Crippen molar-refractivity contribution in [1.29, 1.82) is 0 Å². The molecule has 174 valence electrons. The van der Waals surface area contributed by atoms with Gasteiger partial charge in [-0.05, 0) is 18.4 Å². The molecule has 3 aliphatic heterocycles. The molecule has 0 radical (unpaired) electrons. The highest BCUT2D eigenvalue weighted by molar-refractivity contribution is 9.09. The summed E-state index contributed by atoms with van der Waals surface area (Å²) in [6.07, 6.45) is 2.42. The molecule has 4 rings (SSSR count). The lowest BCUT2D eigenvalue weighted by atomic mass is 9.70. The van der Waals surface area contributed by atoms with Crippen LogP contribution in [-0.4, -0.2) is 68.8 Å². The Bertz CT molecular complexity index is 887. The van der Waals surface area contributed by atoms with Gasteiger partial charge in [-0.25, -0.2) is 0 Å². The topological polar surface area (TPSA) is 98.7 Å². The highest BCUT2D eigenvalue weighted by Crippen LogP contribution is 2.68. The number of halogens is 1. The van der Waals surface area contributed by atoms with Crippen molar-refractivity contribution in [2.75, 3.05) is 20.2 Å². The van der Waals surface area contributed by atoms with E-state index in [1.54, 1.807) is 23.7 Å². The minimum atomic E-state index is -0.751. The van der Waals surface area contributed by atoms with Crippen LogP contribution >= 0.6 is 27.7 Å². The molecular formula is C23H30BrN3O4S. The molecule has 3 unspecified atom stereocenters. The normalized spacial score (nSPS) is 33.8. The second-order valence-electron chi connectivity index (χ2n) is 8.78. The Morgan fingerprint density at radius 1 is 1.31 bits per heavy atom. The zero-order valence-electron chi connectivity index (χ0n) is 18.3. The summed E-state index contributed by atoms with van der Waals surface area (Å²) in [7, 11) is 1.58. The van der Waals surface area contributed by atoms with E-state index in [2.05, 4.69) is 33.5 Å². The smallest absolute Gasteiger partial charge is 0.244 e. The number of aliphatic hydroxyl groups excluding tert-OH is 1. The number of nitrogens with one attached hydrogen (secondary N) is 2. The Hall–Kier alpha value is -1.58. The third kappa shape index (κ3) is 3.56. The fourth-order valence-corrected chi connectivity index (χ4v) is 9.28. The minimum Gasteiger partial charge on any atom is -0.394 e. The van der Waals surface area contributed by atoms with Gasteiger partial charge >= 0.3 is 0 Å². The minimum absolute atomic E-state index is 0.0362. The van der Waals surface area contributed by atoms with E-state index in [9.17, 15) is 19.5 Å². The molecule has 7 atom stereocenters. The maximum Gasteiger partial charge on any atom is 0.244 e. The van der Waals surface area contributed by atoms with Crippen LogP contribution in [0.2, 0.25) is 0 Å². The standard InChI is InChI=1S/C23H30BrN3O4S/c1-3-4-10-26-21(30)19-23-11-14(24)18(32-23)16(20(29)25-2)17(23)22(31)27(19)15(12-28)13-8-6-5-7-9-13/h5-9,14-19,28H,3-4,10-12H2,1-2H3,(H,25,29)(H,26,30)/t14?,15-,16+,17+,18+,19?,23?/m1/s1. The largest absolute Gasteiger partial charge is 0.394 e. The Balaban J connectivity index is 1.79. The van der Waals surface area contributed by atoms with Crippen LogP contribution in [0.1, 0.15) is 37.8 Å². The number of benzene rings is 1. The van der Waals surface area contributed by atoms with E-state index in [1.807, 2.05) is 30.3 Å². The van der Waals surface area contributed by atoms with Crippen LogP contribution in [0.5, 0.6) is 0 Å². The van der Waals surface area contributed by atoms with Crippen LogP contribution in [0.4, 0.5) is 0 Å². The number of aliphatic hydroxyl groups is 1. The summed E-state index contributed by atoms with van der Waals surface area (Å²) in [6.45, 7) is 2.30. The molecule has 1 aromatic carbocycles. The van der Waals surface area contributed by atoms with E-state index in [0.29, 0.717) is 13.0 Å². The van der Waals surface area contributed by atoms with Crippen molar-refractivity contribution in [3.05, 3.63) is 35.9 Å². The van der Waals surface area contributed by atoms with Gasteiger partial charge in [-0.15, -0.1) is 11.8 Å². The molecule has 32 heavy (non-hydrogen) atoms. The molecule has 3 heterocycles. The number of nitrogens with zero attached hydrogens (tertiary/aromatic N) is 1. The lowest BCUT2D eigenvalue weighted by molar-refractivity contribution is -0.142. The molecule has 3 amide bonds. The van der Waals surface area contributed by atoms with Crippen molar-refractivity contribution in [2.45, 2.75) is 53.1 Å². The van der Waals surface area contributed by atoms with Crippen molar-refractivity contribution in [1.82, 2.24) is 15.5 Å². The average Bonchev–Trinajstić information content (AvgIpc) is 3.38. The third-order valence-electron chi connectivity index (χ3n) is 7.05. The van der Waals surface area contributed by atoms with Gasteiger partial charge in [0.05, 0.1) is 29.2 Å². The number of amides is 3. The first-order valence-corrected chi connectivity index (χ1v) is 13.0. The van der Waals surface area contributed by atoms with Crippen LogP contribution in [0.3, 0.4) is 0 Å². The summed E-state index contributed by atoms with van der Waals surface area (Å²) >= 11 is 5.34. The molecule has 9 heteroatoms. The molecule has 3 saturated heterocycles.